The minimum absolute atomic E-state index is 0.0126. The first-order chi connectivity index (χ1) is 8.95. The molecule has 4 bridgehead atoms. The van der Waals surface area contributed by atoms with Crippen LogP contribution in [0.5, 0.6) is 0 Å². The molecule has 110 valence electrons. The molecule has 0 unspecified atom stereocenters. The molecule has 3 nitrogen and oxygen atoms in total. The second-order valence-electron chi connectivity index (χ2n) is 7.28. The van der Waals surface area contributed by atoms with Gasteiger partial charge in [0.05, 0.1) is 5.75 Å². The maximum Gasteiger partial charge on any atom is 0.214 e. The lowest BCUT2D eigenvalue weighted by Crippen LogP contribution is -2.60. The number of hydrogen-bond donors (Lipinski definition) is 0. The van der Waals surface area contributed by atoms with Crippen LogP contribution in [0.1, 0.15) is 58.3 Å². The third-order valence-electron chi connectivity index (χ3n) is 5.85. The Morgan fingerprint density at radius 3 is 1.95 bits per heavy atom. The summed E-state index contributed by atoms with van der Waals surface area (Å²) in [5.41, 5.74) is -0.0126. The third-order valence-corrected chi connectivity index (χ3v) is 7.87. The summed E-state index contributed by atoms with van der Waals surface area (Å²) in [6, 6.07) is 0. The summed E-state index contributed by atoms with van der Waals surface area (Å²) >= 11 is 0. The molecule has 4 rings (SSSR count). The average molecular weight is 285 g/mol. The van der Waals surface area contributed by atoms with Gasteiger partial charge in [-0.25, -0.2) is 8.42 Å². The Morgan fingerprint density at radius 1 is 1.05 bits per heavy atom. The highest BCUT2D eigenvalue weighted by Gasteiger charge is 2.54. The Hall–Kier alpha value is -0.0900. The molecule has 4 aliphatic carbocycles. The van der Waals surface area contributed by atoms with E-state index >= 15 is 0 Å². The molecular formula is C15H27NO2S. The fourth-order valence-electron chi connectivity index (χ4n) is 5.21. The minimum Gasteiger partial charge on any atom is -0.212 e. The molecule has 0 aromatic rings. The van der Waals surface area contributed by atoms with Crippen molar-refractivity contribution in [2.24, 2.45) is 17.8 Å². The van der Waals surface area contributed by atoms with Crippen LogP contribution in [0, 0.1) is 17.8 Å². The van der Waals surface area contributed by atoms with E-state index in [4.69, 9.17) is 0 Å². The zero-order valence-corrected chi connectivity index (χ0v) is 13.1. The van der Waals surface area contributed by atoms with Crippen molar-refractivity contribution >= 4 is 10.0 Å². The quantitative estimate of drug-likeness (QED) is 0.778. The largest absolute Gasteiger partial charge is 0.214 e. The first-order valence-electron chi connectivity index (χ1n) is 7.92. The van der Waals surface area contributed by atoms with E-state index in [1.165, 1.54) is 19.3 Å². The Kier molecular flexibility index (Phi) is 3.45. The van der Waals surface area contributed by atoms with E-state index in [-0.39, 0.29) is 5.54 Å². The normalized spacial score (nSPS) is 41.1. The first kappa shape index (κ1) is 13.9. The Bertz CT molecular complexity index is 408. The van der Waals surface area contributed by atoms with Crippen molar-refractivity contribution in [3.05, 3.63) is 0 Å². The predicted molar refractivity (Wildman–Crippen MR) is 77.4 cm³/mol. The highest BCUT2D eigenvalue weighted by molar-refractivity contribution is 7.89. The smallest absolute Gasteiger partial charge is 0.212 e. The first-order valence-corrected chi connectivity index (χ1v) is 9.53. The summed E-state index contributed by atoms with van der Waals surface area (Å²) in [6.07, 6.45) is 9.21. The Labute approximate surface area is 117 Å². The van der Waals surface area contributed by atoms with Gasteiger partial charge in [0, 0.05) is 12.6 Å². The highest BCUT2D eigenvalue weighted by Crippen LogP contribution is 2.57. The molecule has 4 fully saturated rings. The number of sulfonamides is 1. The van der Waals surface area contributed by atoms with Gasteiger partial charge in [-0.05, 0) is 62.7 Å². The lowest BCUT2D eigenvalue weighted by Gasteiger charge is -2.59. The lowest BCUT2D eigenvalue weighted by atomic mass is 9.53. The van der Waals surface area contributed by atoms with Crippen molar-refractivity contribution in [1.29, 1.82) is 0 Å². The summed E-state index contributed by atoms with van der Waals surface area (Å²) in [6.45, 7) is 2.06. The molecule has 0 radical (unpaired) electrons. The zero-order chi connectivity index (χ0) is 13.7. The zero-order valence-electron chi connectivity index (χ0n) is 12.3. The third kappa shape index (κ3) is 2.35. The number of nitrogens with zero attached hydrogens (tertiary/aromatic N) is 1. The topological polar surface area (TPSA) is 37.4 Å². The summed E-state index contributed by atoms with van der Waals surface area (Å²) in [7, 11) is -1.19. The van der Waals surface area contributed by atoms with E-state index in [2.05, 4.69) is 6.92 Å². The standard InChI is InChI=1S/C15H27NO2S/c1-3-4-5-19(17,18)16(2)15-9-12-6-13(10-15)8-14(7-12)11-15/h12-14H,3-11H2,1-2H3. The van der Waals surface area contributed by atoms with Crippen LogP contribution in [0.25, 0.3) is 0 Å². The van der Waals surface area contributed by atoms with Crippen LogP contribution in [0.3, 0.4) is 0 Å². The Balaban J connectivity index is 1.81. The predicted octanol–water partition coefficient (Wildman–Crippen LogP) is 3.02. The minimum atomic E-state index is -3.05. The van der Waals surface area contributed by atoms with E-state index in [0.29, 0.717) is 5.75 Å². The molecule has 4 saturated carbocycles. The number of hydrogen-bond acceptors (Lipinski definition) is 2. The van der Waals surface area contributed by atoms with Gasteiger partial charge in [-0.15, -0.1) is 0 Å². The molecule has 0 aromatic carbocycles. The van der Waals surface area contributed by atoms with E-state index in [0.717, 1.165) is 49.9 Å². The van der Waals surface area contributed by atoms with Crippen LogP contribution in [-0.2, 0) is 10.0 Å². The Morgan fingerprint density at radius 2 is 1.53 bits per heavy atom. The van der Waals surface area contributed by atoms with Crippen LogP contribution in [0.15, 0.2) is 0 Å². The molecule has 4 heteroatoms. The molecule has 0 spiro atoms. The second-order valence-corrected chi connectivity index (χ2v) is 9.40. The summed E-state index contributed by atoms with van der Waals surface area (Å²) in [4.78, 5) is 0. The molecule has 0 atom stereocenters. The van der Waals surface area contributed by atoms with Gasteiger partial charge in [0.15, 0.2) is 0 Å². The molecule has 0 aliphatic heterocycles. The molecule has 19 heavy (non-hydrogen) atoms. The molecule has 0 heterocycles. The number of rotatable bonds is 5. The summed E-state index contributed by atoms with van der Waals surface area (Å²) < 4.78 is 26.9. The van der Waals surface area contributed by atoms with Gasteiger partial charge in [-0.1, -0.05) is 13.3 Å². The fourth-order valence-corrected chi connectivity index (χ4v) is 6.95. The van der Waals surface area contributed by atoms with E-state index in [1.54, 1.807) is 4.31 Å². The van der Waals surface area contributed by atoms with Crippen LogP contribution < -0.4 is 0 Å². The second kappa shape index (κ2) is 4.73. The molecule has 0 N–H and O–H groups in total. The van der Waals surface area contributed by atoms with Crippen molar-refractivity contribution in [1.82, 2.24) is 4.31 Å². The molecule has 0 saturated heterocycles. The monoisotopic (exact) mass is 285 g/mol. The average Bonchev–Trinajstić information content (AvgIpc) is 2.34. The van der Waals surface area contributed by atoms with Gasteiger partial charge in [-0.2, -0.15) is 4.31 Å². The number of unbranched alkanes of at least 4 members (excludes halogenated alkanes) is 1. The molecule has 0 amide bonds. The van der Waals surface area contributed by atoms with E-state index < -0.39 is 10.0 Å². The van der Waals surface area contributed by atoms with Crippen molar-refractivity contribution in [3.63, 3.8) is 0 Å². The van der Waals surface area contributed by atoms with Crippen molar-refractivity contribution in [2.45, 2.75) is 63.8 Å². The maximum absolute atomic E-state index is 12.5. The van der Waals surface area contributed by atoms with E-state index in [1.807, 2.05) is 7.05 Å². The van der Waals surface area contributed by atoms with Crippen LogP contribution in [0.4, 0.5) is 0 Å². The van der Waals surface area contributed by atoms with Gasteiger partial charge in [0.25, 0.3) is 0 Å². The highest BCUT2D eigenvalue weighted by atomic mass is 32.2. The summed E-state index contributed by atoms with van der Waals surface area (Å²) in [5, 5.41) is 0. The molecule has 4 aliphatic rings. The van der Waals surface area contributed by atoms with Gasteiger partial charge in [0.2, 0.25) is 10.0 Å². The van der Waals surface area contributed by atoms with Gasteiger partial charge < -0.3 is 0 Å². The van der Waals surface area contributed by atoms with Crippen molar-refractivity contribution < 1.29 is 8.42 Å². The van der Waals surface area contributed by atoms with Crippen molar-refractivity contribution in [3.8, 4) is 0 Å². The lowest BCUT2D eigenvalue weighted by molar-refractivity contribution is -0.0495. The van der Waals surface area contributed by atoms with Crippen molar-refractivity contribution in [2.75, 3.05) is 12.8 Å². The maximum atomic E-state index is 12.5. The van der Waals surface area contributed by atoms with E-state index in [9.17, 15) is 8.42 Å². The molecule has 0 aromatic heterocycles. The van der Waals surface area contributed by atoms with Gasteiger partial charge in [-0.3, -0.25) is 0 Å². The summed E-state index contributed by atoms with van der Waals surface area (Å²) in [5.74, 6) is 2.74. The van der Waals surface area contributed by atoms with Crippen LogP contribution in [-0.4, -0.2) is 31.1 Å². The fraction of sp³-hybridized carbons (Fsp3) is 1.00. The van der Waals surface area contributed by atoms with Crippen LogP contribution in [0.2, 0.25) is 0 Å². The van der Waals surface area contributed by atoms with Crippen LogP contribution >= 0.6 is 0 Å². The van der Waals surface area contributed by atoms with Gasteiger partial charge >= 0.3 is 0 Å². The van der Waals surface area contributed by atoms with Gasteiger partial charge in [0.1, 0.15) is 0 Å². The SMILES string of the molecule is CCCCS(=O)(=O)N(C)C12CC3CC(CC(C3)C1)C2. The molecular weight excluding hydrogens is 258 g/mol.